The highest BCUT2D eigenvalue weighted by Crippen LogP contribution is 2.49. The van der Waals surface area contributed by atoms with Crippen LogP contribution < -0.4 is 10.2 Å². The van der Waals surface area contributed by atoms with Gasteiger partial charge in [-0.1, -0.05) is 12.1 Å². The molecule has 3 aliphatic rings. The van der Waals surface area contributed by atoms with Gasteiger partial charge >= 0.3 is 0 Å². The number of hydrogen-bond acceptors (Lipinski definition) is 4. The first-order valence-corrected chi connectivity index (χ1v) is 10.8. The van der Waals surface area contributed by atoms with E-state index in [0.717, 1.165) is 55.6 Å². The molecule has 6 rings (SSSR count). The van der Waals surface area contributed by atoms with Crippen LogP contribution in [-0.4, -0.2) is 53.9 Å². The van der Waals surface area contributed by atoms with E-state index in [9.17, 15) is 4.39 Å². The van der Waals surface area contributed by atoms with Crippen molar-refractivity contribution in [2.45, 2.75) is 31.2 Å². The van der Waals surface area contributed by atoms with Gasteiger partial charge in [-0.25, -0.2) is 4.39 Å². The van der Waals surface area contributed by atoms with Crippen molar-refractivity contribution in [1.82, 2.24) is 15.1 Å². The number of aromatic amines is 1. The molecule has 1 saturated heterocycles. The van der Waals surface area contributed by atoms with Crippen molar-refractivity contribution >= 4 is 22.3 Å². The standard InChI is InChI=1S/C23H26FN5/c24-15-6-7-17-19(26-27-21(17)13-15)5-2-10-28-11-8-22-18(14-28)16-3-1-4-20-23(16)29(22)12-9-25-20/h1,3-4,6-7,13,18,22,25H,2,5,8-12,14H2,(H,26,27)/t18-,22-/m0/s1. The van der Waals surface area contributed by atoms with Gasteiger partial charge in [-0.2, -0.15) is 5.10 Å². The summed E-state index contributed by atoms with van der Waals surface area (Å²) >= 11 is 0. The molecule has 1 fully saturated rings. The van der Waals surface area contributed by atoms with Crippen LogP contribution in [0.1, 0.15) is 30.0 Å². The molecule has 0 spiro atoms. The monoisotopic (exact) mass is 391 g/mol. The summed E-state index contributed by atoms with van der Waals surface area (Å²) in [7, 11) is 0. The molecule has 3 aliphatic heterocycles. The minimum absolute atomic E-state index is 0.219. The largest absolute Gasteiger partial charge is 0.382 e. The molecule has 2 aromatic carbocycles. The van der Waals surface area contributed by atoms with Gasteiger partial charge in [0, 0.05) is 43.5 Å². The van der Waals surface area contributed by atoms with Crippen molar-refractivity contribution in [3.05, 3.63) is 53.5 Å². The van der Waals surface area contributed by atoms with E-state index in [4.69, 9.17) is 0 Å². The first kappa shape index (κ1) is 17.3. The number of likely N-dealkylation sites (tertiary alicyclic amines) is 1. The summed E-state index contributed by atoms with van der Waals surface area (Å²) in [4.78, 5) is 5.29. The predicted octanol–water partition coefficient (Wildman–Crippen LogP) is 3.74. The van der Waals surface area contributed by atoms with E-state index >= 15 is 0 Å². The number of fused-ring (bicyclic) bond motifs is 4. The van der Waals surface area contributed by atoms with Crippen LogP contribution >= 0.6 is 0 Å². The van der Waals surface area contributed by atoms with Gasteiger partial charge in [0.15, 0.2) is 0 Å². The number of aromatic nitrogens is 2. The molecule has 0 unspecified atom stereocenters. The molecule has 0 radical (unpaired) electrons. The zero-order valence-corrected chi connectivity index (χ0v) is 16.5. The lowest BCUT2D eigenvalue weighted by molar-refractivity contribution is 0.191. The van der Waals surface area contributed by atoms with Crippen LogP contribution in [0.4, 0.5) is 15.8 Å². The number of benzene rings is 2. The predicted molar refractivity (Wildman–Crippen MR) is 114 cm³/mol. The van der Waals surface area contributed by atoms with E-state index in [-0.39, 0.29) is 5.82 Å². The molecular weight excluding hydrogens is 365 g/mol. The molecule has 0 aliphatic carbocycles. The molecule has 3 aromatic rings. The third kappa shape index (κ3) is 2.81. The number of H-pyrrole nitrogens is 1. The van der Waals surface area contributed by atoms with Crippen LogP contribution in [0.15, 0.2) is 36.4 Å². The van der Waals surface area contributed by atoms with Crippen LogP contribution in [-0.2, 0) is 6.42 Å². The summed E-state index contributed by atoms with van der Waals surface area (Å²) < 4.78 is 13.4. The van der Waals surface area contributed by atoms with Crippen molar-refractivity contribution in [3.8, 4) is 0 Å². The summed E-state index contributed by atoms with van der Waals surface area (Å²) in [5.74, 6) is 0.400. The Labute approximate surface area is 169 Å². The molecule has 0 bridgehead atoms. The second kappa shape index (κ2) is 6.73. The van der Waals surface area contributed by atoms with Gasteiger partial charge in [-0.15, -0.1) is 0 Å². The van der Waals surface area contributed by atoms with Crippen LogP contribution in [0.3, 0.4) is 0 Å². The third-order valence-electron chi connectivity index (χ3n) is 6.97. The quantitative estimate of drug-likeness (QED) is 0.711. The van der Waals surface area contributed by atoms with E-state index in [1.165, 1.54) is 42.0 Å². The van der Waals surface area contributed by atoms with Crippen molar-refractivity contribution in [3.63, 3.8) is 0 Å². The van der Waals surface area contributed by atoms with Crippen molar-refractivity contribution in [2.24, 2.45) is 0 Å². The molecule has 150 valence electrons. The van der Waals surface area contributed by atoms with E-state index in [2.05, 4.69) is 43.5 Å². The van der Waals surface area contributed by atoms with Crippen LogP contribution in [0.2, 0.25) is 0 Å². The van der Waals surface area contributed by atoms with E-state index in [1.54, 1.807) is 0 Å². The van der Waals surface area contributed by atoms with Crippen LogP contribution in [0.5, 0.6) is 0 Å². The number of nitrogens with one attached hydrogen (secondary N) is 2. The molecule has 2 atom stereocenters. The van der Waals surface area contributed by atoms with Crippen LogP contribution in [0, 0.1) is 5.82 Å². The van der Waals surface area contributed by atoms with Gasteiger partial charge in [0.05, 0.1) is 22.6 Å². The van der Waals surface area contributed by atoms with E-state index in [0.29, 0.717) is 12.0 Å². The average molecular weight is 391 g/mol. The Kier molecular flexibility index (Phi) is 4.01. The molecule has 4 heterocycles. The smallest absolute Gasteiger partial charge is 0.125 e. The lowest BCUT2D eigenvalue weighted by Gasteiger charge is -2.40. The Bertz CT molecular complexity index is 1060. The topological polar surface area (TPSA) is 47.2 Å². The number of para-hydroxylation sites is 1. The molecule has 5 nitrogen and oxygen atoms in total. The number of halogens is 1. The summed E-state index contributed by atoms with van der Waals surface area (Å²) in [5, 5.41) is 12.0. The van der Waals surface area contributed by atoms with Gasteiger partial charge in [-0.05, 0) is 55.6 Å². The fourth-order valence-corrected chi connectivity index (χ4v) is 5.68. The summed E-state index contributed by atoms with van der Waals surface area (Å²) in [5.41, 5.74) is 6.15. The zero-order valence-electron chi connectivity index (χ0n) is 16.5. The van der Waals surface area contributed by atoms with Crippen molar-refractivity contribution in [1.29, 1.82) is 0 Å². The molecule has 6 heteroatoms. The zero-order chi connectivity index (χ0) is 19.4. The molecular formula is C23H26FN5. The van der Waals surface area contributed by atoms with Gasteiger partial charge in [-0.3, -0.25) is 5.10 Å². The van der Waals surface area contributed by atoms with Gasteiger partial charge in [0.25, 0.3) is 0 Å². The number of nitrogens with zero attached hydrogens (tertiary/aromatic N) is 3. The maximum Gasteiger partial charge on any atom is 0.125 e. The second-order valence-electron chi connectivity index (χ2n) is 8.59. The normalized spacial score (nSPS) is 23.1. The summed E-state index contributed by atoms with van der Waals surface area (Å²) in [6.07, 6.45) is 3.24. The Balaban J connectivity index is 1.13. The SMILES string of the molecule is Fc1ccc2c(CCCN3CC[C@H]4[C@@H](C3)c3cccc5c3N4CCN5)n[nH]c2c1. The van der Waals surface area contributed by atoms with Gasteiger partial charge in [0.2, 0.25) is 0 Å². The minimum atomic E-state index is -0.219. The molecule has 1 aromatic heterocycles. The first-order valence-electron chi connectivity index (χ1n) is 10.8. The highest BCUT2D eigenvalue weighted by atomic mass is 19.1. The number of piperidine rings is 1. The molecule has 2 N–H and O–H groups in total. The molecule has 0 amide bonds. The van der Waals surface area contributed by atoms with Gasteiger partial charge in [0.1, 0.15) is 5.82 Å². The molecule has 0 saturated carbocycles. The Morgan fingerprint density at radius 3 is 3.10 bits per heavy atom. The van der Waals surface area contributed by atoms with Gasteiger partial charge < -0.3 is 15.1 Å². The highest BCUT2D eigenvalue weighted by Gasteiger charge is 2.43. The fraction of sp³-hybridized carbons (Fsp3) is 0.435. The number of aryl methyl sites for hydroxylation is 1. The Morgan fingerprint density at radius 1 is 1.17 bits per heavy atom. The summed E-state index contributed by atoms with van der Waals surface area (Å²) in [6.45, 7) is 5.57. The Morgan fingerprint density at radius 2 is 2.14 bits per heavy atom. The maximum absolute atomic E-state index is 13.4. The average Bonchev–Trinajstić information content (AvgIpc) is 3.29. The third-order valence-corrected chi connectivity index (χ3v) is 6.97. The van der Waals surface area contributed by atoms with Crippen LogP contribution in [0.25, 0.3) is 10.9 Å². The number of hydrogen-bond donors (Lipinski definition) is 2. The maximum atomic E-state index is 13.4. The van der Waals surface area contributed by atoms with Crippen molar-refractivity contribution < 1.29 is 4.39 Å². The lowest BCUT2D eigenvalue weighted by Crippen LogP contribution is -2.48. The highest BCUT2D eigenvalue weighted by molar-refractivity contribution is 5.81. The summed E-state index contributed by atoms with van der Waals surface area (Å²) in [6, 6.07) is 12.3. The second-order valence-corrected chi connectivity index (χ2v) is 8.59. The first-order chi connectivity index (χ1) is 14.3. The van der Waals surface area contributed by atoms with Crippen molar-refractivity contribution in [2.75, 3.05) is 42.9 Å². The fourth-order valence-electron chi connectivity index (χ4n) is 5.68. The van der Waals surface area contributed by atoms with E-state index in [1.807, 2.05) is 6.07 Å². The minimum Gasteiger partial charge on any atom is -0.382 e. The Hall–Kier alpha value is -2.60. The lowest BCUT2D eigenvalue weighted by atomic mass is 9.89. The molecule has 29 heavy (non-hydrogen) atoms. The van der Waals surface area contributed by atoms with E-state index < -0.39 is 0 Å². The number of anilines is 2. The number of rotatable bonds is 4.